The quantitative estimate of drug-likeness (QED) is 0.871. The molecule has 0 fully saturated rings. The average Bonchev–Trinajstić information content (AvgIpc) is 2.26. The highest BCUT2D eigenvalue weighted by Gasteiger charge is 2.33. The van der Waals surface area contributed by atoms with Crippen LogP contribution in [0.25, 0.3) is 0 Å². The molecule has 0 aliphatic carbocycles. The fourth-order valence-corrected chi connectivity index (χ4v) is 2.04. The van der Waals surface area contributed by atoms with Gasteiger partial charge in [0, 0.05) is 11.4 Å². The average molecular weight is 294 g/mol. The number of alkyl halides is 3. The molecule has 0 aliphatic rings. The van der Waals surface area contributed by atoms with Crippen molar-refractivity contribution < 1.29 is 17.7 Å². The summed E-state index contributed by atoms with van der Waals surface area (Å²) in [5, 5.41) is 0. The largest absolute Gasteiger partial charge is 0.598 e. The highest BCUT2D eigenvalue weighted by molar-refractivity contribution is 7.90. The minimum absolute atomic E-state index is 0.215. The van der Waals surface area contributed by atoms with Crippen molar-refractivity contribution in [1.29, 1.82) is 0 Å². The van der Waals surface area contributed by atoms with E-state index in [2.05, 4.69) is 9.71 Å². The minimum atomic E-state index is -4.47. The van der Waals surface area contributed by atoms with Crippen molar-refractivity contribution in [3.63, 3.8) is 0 Å². The van der Waals surface area contributed by atoms with E-state index in [1.165, 1.54) is 12.1 Å². The zero-order valence-electron chi connectivity index (χ0n) is 11.2. The molecular weight excluding hydrogens is 277 g/mol. The van der Waals surface area contributed by atoms with Crippen LogP contribution in [-0.4, -0.2) is 14.3 Å². The number of pyridine rings is 1. The molecule has 0 spiro atoms. The van der Waals surface area contributed by atoms with Crippen molar-refractivity contribution in [2.75, 3.05) is 0 Å². The van der Waals surface area contributed by atoms with Crippen LogP contribution in [0.2, 0.25) is 0 Å². The van der Waals surface area contributed by atoms with Crippen LogP contribution in [0.4, 0.5) is 13.2 Å². The summed E-state index contributed by atoms with van der Waals surface area (Å²) in [4.78, 5) is 3.56. The molecular formula is C12H17F3N2OS. The van der Waals surface area contributed by atoms with Crippen molar-refractivity contribution in [2.45, 2.75) is 44.7 Å². The summed E-state index contributed by atoms with van der Waals surface area (Å²) >= 11 is -1.37. The van der Waals surface area contributed by atoms with Gasteiger partial charge in [-0.1, -0.05) is 6.07 Å². The molecule has 0 saturated carbocycles. The molecule has 1 aromatic heterocycles. The van der Waals surface area contributed by atoms with Gasteiger partial charge in [0.1, 0.15) is 10.4 Å². The Bertz CT molecular complexity index is 432. The van der Waals surface area contributed by atoms with Crippen molar-refractivity contribution in [1.82, 2.24) is 9.71 Å². The SMILES string of the molecule is CC(N[S+]([O-])C(C)(C)C)c1cccc(C(F)(F)F)n1. The molecule has 0 radical (unpaired) electrons. The van der Waals surface area contributed by atoms with E-state index in [9.17, 15) is 17.7 Å². The molecule has 1 N–H and O–H groups in total. The van der Waals surface area contributed by atoms with Crippen molar-refractivity contribution in [3.8, 4) is 0 Å². The molecule has 0 bridgehead atoms. The van der Waals surface area contributed by atoms with Crippen LogP contribution in [0.3, 0.4) is 0 Å². The standard InChI is InChI=1S/C12H17F3N2OS/c1-8(17-19(18)11(2,3)4)9-6-5-7-10(16-9)12(13,14)15/h5-8,17H,1-4H3. The molecule has 2 unspecified atom stereocenters. The summed E-state index contributed by atoms with van der Waals surface area (Å²) in [6.07, 6.45) is -4.47. The third-order valence-electron chi connectivity index (χ3n) is 2.34. The van der Waals surface area contributed by atoms with Gasteiger partial charge in [-0.15, -0.1) is 4.72 Å². The van der Waals surface area contributed by atoms with E-state index in [0.717, 1.165) is 6.07 Å². The van der Waals surface area contributed by atoms with Crippen molar-refractivity contribution in [3.05, 3.63) is 29.6 Å². The third-order valence-corrected chi connectivity index (χ3v) is 4.02. The van der Waals surface area contributed by atoms with Gasteiger partial charge in [-0.2, -0.15) is 13.2 Å². The first-order chi connectivity index (χ1) is 8.51. The Morgan fingerprint density at radius 2 is 1.84 bits per heavy atom. The van der Waals surface area contributed by atoms with Gasteiger partial charge in [-0.25, -0.2) is 4.98 Å². The summed E-state index contributed by atoms with van der Waals surface area (Å²) in [6.45, 7) is 6.97. The number of nitrogens with zero attached hydrogens (tertiary/aromatic N) is 1. The van der Waals surface area contributed by atoms with Gasteiger partial charge in [0.25, 0.3) is 0 Å². The first-order valence-corrected chi connectivity index (χ1v) is 6.89. The van der Waals surface area contributed by atoms with Crippen LogP contribution in [0.15, 0.2) is 18.2 Å². The van der Waals surface area contributed by atoms with Gasteiger partial charge >= 0.3 is 6.18 Å². The lowest BCUT2D eigenvalue weighted by Gasteiger charge is -2.26. The Labute approximate surface area is 113 Å². The Morgan fingerprint density at radius 1 is 1.26 bits per heavy atom. The van der Waals surface area contributed by atoms with E-state index < -0.39 is 34.0 Å². The van der Waals surface area contributed by atoms with E-state index in [1.54, 1.807) is 27.7 Å². The van der Waals surface area contributed by atoms with Gasteiger partial charge in [-0.3, -0.25) is 0 Å². The molecule has 3 nitrogen and oxygen atoms in total. The fourth-order valence-electron chi connectivity index (χ4n) is 1.25. The molecule has 2 atom stereocenters. The smallest absolute Gasteiger partial charge is 0.433 e. The van der Waals surface area contributed by atoms with Gasteiger partial charge in [0.2, 0.25) is 0 Å². The predicted molar refractivity (Wildman–Crippen MR) is 68.7 cm³/mol. The minimum Gasteiger partial charge on any atom is -0.598 e. The molecule has 0 saturated heterocycles. The molecule has 0 aliphatic heterocycles. The van der Waals surface area contributed by atoms with Crippen LogP contribution in [-0.2, 0) is 17.5 Å². The van der Waals surface area contributed by atoms with Gasteiger partial charge in [0.05, 0.1) is 11.7 Å². The molecule has 1 aromatic rings. The molecule has 0 aromatic carbocycles. The summed E-state index contributed by atoms with van der Waals surface area (Å²) in [5.74, 6) is 0. The number of hydrogen-bond acceptors (Lipinski definition) is 3. The van der Waals surface area contributed by atoms with Crippen LogP contribution >= 0.6 is 0 Å². The van der Waals surface area contributed by atoms with Crippen LogP contribution in [0, 0.1) is 0 Å². The van der Waals surface area contributed by atoms with E-state index in [4.69, 9.17) is 0 Å². The van der Waals surface area contributed by atoms with Crippen LogP contribution in [0.1, 0.15) is 45.1 Å². The summed E-state index contributed by atoms with van der Waals surface area (Å²) in [7, 11) is 0. The summed E-state index contributed by atoms with van der Waals surface area (Å²) < 4.78 is 51.8. The van der Waals surface area contributed by atoms with Crippen molar-refractivity contribution in [2.24, 2.45) is 0 Å². The maximum absolute atomic E-state index is 12.5. The van der Waals surface area contributed by atoms with Gasteiger partial charge < -0.3 is 4.55 Å². The third kappa shape index (κ3) is 4.67. The molecule has 19 heavy (non-hydrogen) atoms. The first kappa shape index (κ1) is 16.3. The van der Waals surface area contributed by atoms with Crippen molar-refractivity contribution >= 4 is 11.4 Å². The number of hydrogen-bond donors (Lipinski definition) is 1. The molecule has 0 amide bonds. The first-order valence-electron chi connectivity index (χ1n) is 5.74. The Morgan fingerprint density at radius 3 is 2.32 bits per heavy atom. The van der Waals surface area contributed by atoms with Crippen LogP contribution in [0.5, 0.6) is 0 Å². The zero-order chi connectivity index (χ0) is 14.8. The lowest BCUT2D eigenvalue weighted by molar-refractivity contribution is -0.141. The Kier molecular flexibility index (Phi) is 4.86. The maximum atomic E-state index is 12.5. The monoisotopic (exact) mass is 294 g/mol. The Balaban J connectivity index is 2.86. The normalized spacial score (nSPS) is 16.2. The number of rotatable bonds is 3. The second-order valence-corrected chi connectivity index (χ2v) is 7.16. The lowest BCUT2D eigenvalue weighted by atomic mass is 10.2. The lowest BCUT2D eigenvalue weighted by Crippen LogP contribution is -2.40. The number of nitrogens with one attached hydrogen (secondary N) is 1. The topological polar surface area (TPSA) is 48.0 Å². The number of halogens is 3. The summed E-state index contributed by atoms with van der Waals surface area (Å²) in [5.41, 5.74) is -0.729. The van der Waals surface area contributed by atoms with Crippen LogP contribution < -0.4 is 4.72 Å². The molecule has 7 heteroatoms. The van der Waals surface area contributed by atoms with E-state index in [0.29, 0.717) is 0 Å². The maximum Gasteiger partial charge on any atom is 0.433 e. The highest BCUT2D eigenvalue weighted by atomic mass is 32.2. The Hall–Kier alpha value is -0.790. The molecule has 108 valence electrons. The fraction of sp³-hybridized carbons (Fsp3) is 0.583. The summed E-state index contributed by atoms with van der Waals surface area (Å²) in [6, 6.07) is 3.16. The molecule has 1 rings (SSSR count). The number of aromatic nitrogens is 1. The van der Waals surface area contributed by atoms with E-state index in [-0.39, 0.29) is 5.69 Å². The second kappa shape index (κ2) is 5.68. The second-order valence-electron chi connectivity index (χ2n) is 5.17. The predicted octanol–water partition coefficient (Wildman–Crippen LogP) is 3.21. The van der Waals surface area contributed by atoms with Gasteiger partial charge in [-0.05, 0) is 39.8 Å². The highest BCUT2D eigenvalue weighted by Crippen LogP contribution is 2.28. The molecule has 1 heterocycles. The van der Waals surface area contributed by atoms with E-state index in [1.807, 2.05) is 0 Å². The zero-order valence-corrected chi connectivity index (χ0v) is 12.0. The van der Waals surface area contributed by atoms with E-state index >= 15 is 0 Å². The van der Waals surface area contributed by atoms with Gasteiger partial charge in [0.15, 0.2) is 0 Å².